The first kappa shape index (κ1) is 13.5. The Bertz CT molecular complexity index is 463. The maximum atomic E-state index is 12.0. The molecule has 1 aromatic rings. The Kier molecular flexibility index (Phi) is 3.98. The van der Waals surface area contributed by atoms with Gasteiger partial charge in [0.25, 0.3) is 5.91 Å². The second-order valence-corrected chi connectivity index (χ2v) is 5.77. The normalized spacial score (nSPS) is 27.1. The Morgan fingerprint density at radius 2 is 2.20 bits per heavy atom. The summed E-state index contributed by atoms with van der Waals surface area (Å²) < 4.78 is 1.81. The van der Waals surface area contributed by atoms with E-state index in [0.717, 1.165) is 38.8 Å². The van der Waals surface area contributed by atoms with Gasteiger partial charge in [0.05, 0.1) is 18.3 Å². The fraction of sp³-hybridized carbons (Fsp3) is 0.769. The van der Waals surface area contributed by atoms with Gasteiger partial charge in [-0.3, -0.25) is 4.79 Å². The highest BCUT2D eigenvalue weighted by molar-refractivity contribution is 5.91. The highest BCUT2D eigenvalue weighted by Gasteiger charge is 2.27. The smallest absolute Gasteiger partial charge is 0.273 e. The van der Waals surface area contributed by atoms with Crippen molar-refractivity contribution in [1.29, 1.82) is 0 Å². The molecule has 0 spiro atoms. The van der Waals surface area contributed by atoms with Crippen LogP contribution in [-0.2, 0) is 0 Å². The van der Waals surface area contributed by atoms with E-state index in [9.17, 15) is 9.90 Å². The standard InChI is InChI=1S/C13H21N5O2/c19-11-5-9(6-11)7-15-13(20)12-8-18(17-16-12)10-1-3-14-4-2-10/h8-11,14,19H,1-7H2,(H,15,20). The van der Waals surface area contributed by atoms with Crippen molar-refractivity contribution in [3.8, 4) is 0 Å². The van der Waals surface area contributed by atoms with Crippen molar-refractivity contribution < 1.29 is 9.90 Å². The molecule has 1 saturated heterocycles. The van der Waals surface area contributed by atoms with E-state index >= 15 is 0 Å². The molecule has 0 unspecified atom stereocenters. The van der Waals surface area contributed by atoms with Gasteiger partial charge in [-0.05, 0) is 44.7 Å². The van der Waals surface area contributed by atoms with E-state index in [-0.39, 0.29) is 12.0 Å². The molecule has 0 bridgehead atoms. The van der Waals surface area contributed by atoms with Crippen LogP contribution in [0.5, 0.6) is 0 Å². The third kappa shape index (κ3) is 2.99. The van der Waals surface area contributed by atoms with Gasteiger partial charge >= 0.3 is 0 Å². The van der Waals surface area contributed by atoms with Crippen molar-refractivity contribution in [3.05, 3.63) is 11.9 Å². The second-order valence-electron chi connectivity index (χ2n) is 5.77. The summed E-state index contributed by atoms with van der Waals surface area (Å²) >= 11 is 0. The SMILES string of the molecule is O=C(NCC1CC(O)C1)c1cn(C2CCNCC2)nn1. The summed E-state index contributed by atoms with van der Waals surface area (Å²) in [6.07, 6.45) is 5.15. The number of aliphatic hydroxyl groups is 1. The number of carbonyl (C=O) groups is 1. The number of rotatable bonds is 4. The first-order chi connectivity index (χ1) is 9.72. The minimum Gasteiger partial charge on any atom is -0.393 e. The van der Waals surface area contributed by atoms with E-state index in [4.69, 9.17) is 0 Å². The largest absolute Gasteiger partial charge is 0.393 e. The molecule has 0 aromatic carbocycles. The lowest BCUT2D eigenvalue weighted by molar-refractivity contribution is 0.0419. The van der Waals surface area contributed by atoms with Crippen LogP contribution < -0.4 is 10.6 Å². The molecule has 2 aliphatic rings. The predicted molar refractivity (Wildman–Crippen MR) is 72.2 cm³/mol. The van der Waals surface area contributed by atoms with Gasteiger partial charge in [0, 0.05) is 6.54 Å². The molecular formula is C13H21N5O2. The monoisotopic (exact) mass is 279 g/mol. The number of aliphatic hydroxyl groups excluding tert-OH is 1. The maximum Gasteiger partial charge on any atom is 0.273 e. The molecule has 3 rings (SSSR count). The fourth-order valence-corrected chi connectivity index (χ4v) is 2.83. The maximum absolute atomic E-state index is 12.0. The quantitative estimate of drug-likeness (QED) is 0.704. The van der Waals surface area contributed by atoms with Crippen LogP contribution in [0.3, 0.4) is 0 Å². The molecule has 0 radical (unpaired) electrons. The van der Waals surface area contributed by atoms with Crippen LogP contribution in [0.15, 0.2) is 6.20 Å². The third-order valence-corrected chi connectivity index (χ3v) is 4.19. The van der Waals surface area contributed by atoms with Gasteiger partial charge in [-0.15, -0.1) is 5.10 Å². The zero-order valence-electron chi connectivity index (χ0n) is 11.5. The predicted octanol–water partition coefficient (Wildman–Crippen LogP) is -0.297. The lowest BCUT2D eigenvalue weighted by atomic mass is 9.82. The van der Waals surface area contributed by atoms with Crippen molar-refractivity contribution in [2.75, 3.05) is 19.6 Å². The molecule has 1 amide bonds. The number of amides is 1. The molecule has 0 atom stereocenters. The van der Waals surface area contributed by atoms with E-state index in [1.807, 2.05) is 4.68 Å². The molecule has 2 fully saturated rings. The summed E-state index contributed by atoms with van der Waals surface area (Å²) in [7, 11) is 0. The molecule has 7 nitrogen and oxygen atoms in total. The molecule has 20 heavy (non-hydrogen) atoms. The average Bonchev–Trinajstić information content (AvgIpc) is 2.93. The molecule has 1 aromatic heterocycles. The molecule has 1 saturated carbocycles. The number of hydrogen-bond donors (Lipinski definition) is 3. The Morgan fingerprint density at radius 1 is 1.45 bits per heavy atom. The summed E-state index contributed by atoms with van der Waals surface area (Å²) in [6, 6.07) is 0.340. The first-order valence-corrected chi connectivity index (χ1v) is 7.31. The second kappa shape index (κ2) is 5.88. The van der Waals surface area contributed by atoms with Crippen LogP contribution >= 0.6 is 0 Å². The molecule has 2 heterocycles. The van der Waals surface area contributed by atoms with Gasteiger partial charge in [0.1, 0.15) is 0 Å². The van der Waals surface area contributed by atoms with Crippen molar-refractivity contribution >= 4 is 5.91 Å². The average molecular weight is 279 g/mol. The fourth-order valence-electron chi connectivity index (χ4n) is 2.83. The van der Waals surface area contributed by atoms with Crippen LogP contribution in [-0.4, -0.2) is 51.7 Å². The molecule has 1 aliphatic carbocycles. The van der Waals surface area contributed by atoms with E-state index in [0.29, 0.717) is 24.2 Å². The van der Waals surface area contributed by atoms with Crippen LogP contribution in [0, 0.1) is 5.92 Å². The van der Waals surface area contributed by atoms with E-state index in [1.54, 1.807) is 6.20 Å². The summed E-state index contributed by atoms with van der Waals surface area (Å²) in [5.74, 6) is 0.222. The zero-order chi connectivity index (χ0) is 13.9. The first-order valence-electron chi connectivity index (χ1n) is 7.31. The summed E-state index contributed by atoms with van der Waals surface area (Å²) in [5.41, 5.74) is 0.378. The third-order valence-electron chi connectivity index (χ3n) is 4.19. The van der Waals surface area contributed by atoms with Gasteiger partial charge < -0.3 is 15.7 Å². The topological polar surface area (TPSA) is 92.1 Å². The van der Waals surface area contributed by atoms with Crippen LogP contribution in [0.2, 0.25) is 0 Å². The number of aromatic nitrogens is 3. The van der Waals surface area contributed by atoms with E-state index in [1.165, 1.54) is 0 Å². The number of nitrogens with zero attached hydrogens (tertiary/aromatic N) is 3. The molecule has 110 valence electrons. The Balaban J connectivity index is 1.51. The lowest BCUT2D eigenvalue weighted by Crippen LogP contribution is -2.38. The van der Waals surface area contributed by atoms with Crippen LogP contribution in [0.25, 0.3) is 0 Å². The number of carbonyl (C=O) groups excluding carboxylic acids is 1. The molecule has 7 heteroatoms. The highest BCUT2D eigenvalue weighted by Crippen LogP contribution is 2.26. The van der Waals surface area contributed by atoms with Gasteiger partial charge in [-0.25, -0.2) is 4.68 Å². The van der Waals surface area contributed by atoms with Gasteiger partial charge in [0.15, 0.2) is 5.69 Å². The van der Waals surface area contributed by atoms with Gasteiger partial charge in [-0.1, -0.05) is 5.21 Å². The molecular weight excluding hydrogens is 258 g/mol. The Hall–Kier alpha value is -1.47. The summed E-state index contributed by atoms with van der Waals surface area (Å²) in [6.45, 7) is 2.57. The Morgan fingerprint density at radius 3 is 2.90 bits per heavy atom. The number of piperidine rings is 1. The van der Waals surface area contributed by atoms with Crippen molar-refractivity contribution in [2.24, 2.45) is 5.92 Å². The van der Waals surface area contributed by atoms with Crippen LogP contribution in [0.4, 0.5) is 0 Å². The molecule has 3 N–H and O–H groups in total. The minimum absolute atomic E-state index is 0.174. The summed E-state index contributed by atoms with van der Waals surface area (Å²) in [4.78, 5) is 12.0. The summed E-state index contributed by atoms with van der Waals surface area (Å²) in [5, 5.41) is 23.4. The van der Waals surface area contributed by atoms with E-state index < -0.39 is 0 Å². The number of hydrogen-bond acceptors (Lipinski definition) is 5. The molecule has 1 aliphatic heterocycles. The highest BCUT2D eigenvalue weighted by atomic mass is 16.3. The Labute approximate surface area is 117 Å². The van der Waals surface area contributed by atoms with E-state index in [2.05, 4.69) is 20.9 Å². The number of nitrogens with one attached hydrogen (secondary N) is 2. The van der Waals surface area contributed by atoms with Gasteiger partial charge in [-0.2, -0.15) is 0 Å². The zero-order valence-corrected chi connectivity index (χ0v) is 11.5. The van der Waals surface area contributed by atoms with Crippen LogP contribution in [0.1, 0.15) is 42.2 Å². The van der Waals surface area contributed by atoms with Gasteiger partial charge in [0.2, 0.25) is 0 Å². The van der Waals surface area contributed by atoms with Crippen molar-refractivity contribution in [3.63, 3.8) is 0 Å². The van der Waals surface area contributed by atoms with Crippen molar-refractivity contribution in [2.45, 2.75) is 37.8 Å². The van der Waals surface area contributed by atoms with Crippen molar-refractivity contribution in [1.82, 2.24) is 25.6 Å². The minimum atomic E-state index is -0.183. The lowest BCUT2D eigenvalue weighted by Gasteiger charge is -2.31.